The van der Waals surface area contributed by atoms with Crippen LogP contribution in [0.4, 0.5) is 13.9 Å². The molecule has 0 saturated heterocycles. The molecule has 0 spiro atoms. The Bertz CT molecular complexity index is 889. The van der Waals surface area contributed by atoms with Gasteiger partial charge in [-0.1, -0.05) is 17.4 Å². The predicted octanol–water partition coefficient (Wildman–Crippen LogP) is 4.44. The molecule has 0 aliphatic rings. The third-order valence-electron chi connectivity index (χ3n) is 3.40. The smallest absolute Gasteiger partial charge is 0.257 e. The van der Waals surface area contributed by atoms with E-state index in [4.69, 9.17) is 0 Å². The fourth-order valence-electron chi connectivity index (χ4n) is 2.06. The number of thiazole rings is 1. The SMILES string of the molecule is Cc1ccc(C(=O)Nc2nc3c(F)cc(F)cc3s2)cc1C. The number of rotatable bonds is 2. The first kappa shape index (κ1) is 14.6. The van der Waals surface area contributed by atoms with E-state index in [-0.39, 0.29) is 16.6 Å². The van der Waals surface area contributed by atoms with E-state index in [0.29, 0.717) is 10.3 Å². The topological polar surface area (TPSA) is 42.0 Å². The number of benzene rings is 2. The maximum Gasteiger partial charge on any atom is 0.257 e. The van der Waals surface area contributed by atoms with Crippen LogP contribution in [0.3, 0.4) is 0 Å². The Morgan fingerprint density at radius 2 is 1.91 bits per heavy atom. The molecule has 0 unspecified atom stereocenters. The van der Waals surface area contributed by atoms with Crippen molar-refractivity contribution in [1.29, 1.82) is 0 Å². The van der Waals surface area contributed by atoms with Crippen molar-refractivity contribution in [2.45, 2.75) is 13.8 Å². The van der Waals surface area contributed by atoms with Crippen LogP contribution in [0.15, 0.2) is 30.3 Å². The Morgan fingerprint density at radius 3 is 2.64 bits per heavy atom. The van der Waals surface area contributed by atoms with Gasteiger partial charge >= 0.3 is 0 Å². The van der Waals surface area contributed by atoms with Crippen LogP contribution in [0.2, 0.25) is 0 Å². The van der Waals surface area contributed by atoms with Gasteiger partial charge in [0.05, 0.1) is 4.70 Å². The lowest BCUT2D eigenvalue weighted by Gasteiger charge is -2.04. The first-order valence-corrected chi connectivity index (χ1v) is 7.40. The molecule has 0 bridgehead atoms. The fraction of sp³-hybridized carbons (Fsp3) is 0.125. The number of amides is 1. The summed E-state index contributed by atoms with van der Waals surface area (Å²) in [7, 11) is 0. The molecule has 0 aliphatic heterocycles. The number of anilines is 1. The molecule has 0 saturated carbocycles. The van der Waals surface area contributed by atoms with Crippen LogP contribution in [-0.2, 0) is 0 Å². The Kier molecular flexibility index (Phi) is 3.62. The van der Waals surface area contributed by atoms with E-state index in [1.807, 2.05) is 19.9 Å². The molecule has 2 aromatic carbocycles. The zero-order valence-corrected chi connectivity index (χ0v) is 12.7. The molecule has 6 heteroatoms. The van der Waals surface area contributed by atoms with Crippen LogP contribution in [0, 0.1) is 25.5 Å². The third kappa shape index (κ3) is 2.69. The number of aromatic nitrogens is 1. The molecule has 0 fully saturated rings. The number of nitrogens with one attached hydrogen (secondary N) is 1. The highest BCUT2D eigenvalue weighted by atomic mass is 32.1. The van der Waals surface area contributed by atoms with E-state index in [2.05, 4.69) is 10.3 Å². The van der Waals surface area contributed by atoms with Crippen LogP contribution in [0.1, 0.15) is 21.5 Å². The number of hydrogen-bond donors (Lipinski definition) is 1. The summed E-state index contributed by atoms with van der Waals surface area (Å²) in [4.78, 5) is 16.2. The van der Waals surface area contributed by atoms with Gasteiger partial charge < -0.3 is 0 Å². The van der Waals surface area contributed by atoms with Crippen LogP contribution >= 0.6 is 11.3 Å². The number of nitrogens with zero attached hydrogens (tertiary/aromatic N) is 1. The summed E-state index contributed by atoms with van der Waals surface area (Å²) in [5.41, 5.74) is 2.65. The summed E-state index contributed by atoms with van der Waals surface area (Å²) in [6, 6.07) is 7.32. The number of carbonyl (C=O) groups is 1. The van der Waals surface area contributed by atoms with Crippen molar-refractivity contribution in [2.24, 2.45) is 0 Å². The maximum atomic E-state index is 13.6. The zero-order chi connectivity index (χ0) is 15.9. The minimum absolute atomic E-state index is 0.0572. The van der Waals surface area contributed by atoms with Crippen molar-refractivity contribution in [3.05, 3.63) is 58.7 Å². The standard InChI is InChI=1S/C16H12F2N2OS/c1-8-3-4-10(5-9(8)2)15(21)20-16-19-14-12(18)6-11(17)7-13(14)22-16/h3-7H,1-2H3,(H,19,20,21). The van der Waals surface area contributed by atoms with Gasteiger partial charge in [-0.25, -0.2) is 13.8 Å². The normalized spacial score (nSPS) is 10.9. The predicted molar refractivity (Wildman–Crippen MR) is 83.4 cm³/mol. The first-order chi connectivity index (χ1) is 10.4. The van der Waals surface area contributed by atoms with Gasteiger partial charge in [-0.15, -0.1) is 0 Å². The number of aryl methyl sites for hydroxylation is 2. The van der Waals surface area contributed by atoms with Gasteiger partial charge in [-0.3, -0.25) is 10.1 Å². The highest BCUT2D eigenvalue weighted by Crippen LogP contribution is 2.29. The lowest BCUT2D eigenvalue weighted by Crippen LogP contribution is -2.11. The Balaban J connectivity index is 1.90. The summed E-state index contributed by atoms with van der Waals surface area (Å²) in [5.74, 6) is -1.73. The quantitative estimate of drug-likeness (QED) is 0.759. The molecular weight excluding hydrogens is 306 g/mol. The second kappa shape index (κ2) is 5.46. The van der Waals surface area contributed by atoms with E-state index in [9.17, 15) is 13.6 Å². The zero-order valence-electron chi connectivity index (χ0n) is 11.9. The van der Waals surface area contributed by atoms with Gasteiger partial charge in [0.1, 0.15) is 11.3 Å². The Labute approximate surface area is 129 Å². The lowest BCUT2D eigenvalue weighted by atomic mass is 10.1. The molecule has 3 aromatic rings. The summed E-state index contributed by atoms with van der Waals surface area (Å²) in [5, 5.41) is 2.86. The van der Waals surface area contributed by atoms with E-state index in [0.717, 1.165) is 28.5 Å². The number of hydrogen-bond acceptors (Lipinski definition) is 3. The van der Waals surface area contributed by atoms with Crippen molar-refractivity contribution < 1.29 is 13.6 Å². The molecule has 0 radical (unpaired) electrons. The van der Waals surface area contributed by atoms with Gasteiger partial charge in [0.15, 0.2) is 10.9 Å². The average Bonchev–Trinajstić information content (AvgIpc) is 2.84. The minimum Gasteiger partial charge on any atom is -0.298 e. The molecule has 0 aliphatic carbocycles. The monoisotopic (exact) mass is 318 g/mol. The number of fused-ring (bicyclic) bond motifs is 1. The Hall–Kier alpha value is -2.34. The highest BCUT2D eigenvalue weighted by molar-refractivity contribution is 7.22. The van der Waals surface area contributed by atoms with Gasteiger partial charge in [0, 0.05) is 11.6 Å². The van der Waals surface area contributed by atoms with Gasteiger partial charge in [0.25, 0.3) is 5.91 Å². The second-order valence-corrected chi connectivity index (χ2v) is 6.04. The van der Waals surface area contributed by atoms with E-state index >= 15 is 0 Å². The fourth-order valence-corrected chi connectivity index (χ4v) is 2.96. The Morgan fingerprint density at radius 1 is 1.14 bits per heavy atom. The average molecular weight is 318 g/mol. The largest absolute Gasteiger partial charge is 0.298 e. The summed E-state index contributed by atoms with van der Waals surface area (Å²) >= 11 is 1.03. The molecule has 112 valence electrons. The lowest BCUT2D eigenvalue weighted by molar-refractivity contribution is 0.102. The first-order valence-electron chi connectivity index (χ1n) is 6.58. The van der Waals surface area contributed by atoms with Gasteiger partial charge in [0.2, 0.25) is 0 Å². The molecular formula is C16H12F2N2OS. The molecule has 3 rings (SSSR count). The second-order valence-electron chi connectivity index (χ2n) is 5.01. The highest BCUT2D eigenvalue weighted by Gasteiger charge is 2.13. The van der Waals surface area contributed by atoms with E-state index < -0.39 is 11.6 Å². The molecule has 1 heterocycles. The van der Waals surface area contributed by atoms with Crippen LogP contribution < -0.4 is 5.32 Å². The molecule has 1 amide bonds. The van der Waals surface area contributed by atoms with Crippen LogP contribution in [0.25, 0.3) is 10.2 Å². The van der Waals surface area contributed by atoms with E-state index in [1.54, 1.807) is 12.1 Å². The minimum atomic E-state index is -0.738. The van der Waals surface area contributed by atoms with Crippen molar-refractivity contribution in [2.75, 3.05) is 5.32 Å². The number of carbonyl (C=O) groups excluding carboxylic acids is 1. The molecule has 1 aromatic heterocycles. The van der Waals surface area contributed by atoms with Crippen LogP contribution in [0.5, 0.6) is 0 Å². The van der Waals surface area contributed by atoms with E-state index in [1.165, 1.54) is 6.07 Å². The molecule has 1 N–H and O–H groups in total. The summed E-state index contributed by atoms with van der Waals surface area (Å²) in [6.07, 6.45) is 0. The molecule has 0 atom stereocenters. The van der Waals surface area contributed by atoms with Crippen molar-refractivity contribution >= 4 is 32.6 Å². The summed E-state index contributed by atoms with van der Waals surface area (Å²) < 4.78 is 27.1. The molecule has 3 nitrogen and oxygen atoms in total. The van der Waals surface area contributed by atoms with Gasteiger partial charge in [-0.05, 0) is 43.2 Å². The van der Waals surface area contributed by atoms with Crippen molar-refractivity contribution in [3.63, 3.8) is 0 Å². The van der Waals surface area contributed by atoms with Crippen LogP contribution in [-0.4, -0.2) is 10.9 Å². The summed E-state index contributed by atoms with van der Waals surface area (Å²) in [6.45, 7) is 3.88. The number of halogens is 2. The third-order valence-corrected chi connectivity index (χ3v) is 4.32. The molecule has 22 heavy (non-hydrogen) atoms. The van der Waals surface area contributed by atoms with Crippen molar-refractivity contribution in [1.82, 2.24) is 4.98 Å². The van der Waals surface area contributed by atoms with Crippen molar-refractivity contribution in [3.8, 4) is 0 Å². The maximum absolute atomic E-state index is 13.6. The van der Waals surface area contributed by atoms with Gasteiger partial charge in [-0.2, -0.15) is 0 Å².